The molecule has 5 nitrogen and oxygen atoms in total. The number of hydrogen-bond donors (Lipinski definition) is 0. The summed E-state index contributed by atoms with van der Waals surface area (Å²) in [5.74, 6) is -0.334. The number of rotatable bonds is 9. The Balaban J connectivity index is 2.29. The third-order valence-electron chi connectivity index (χ3n) is 3.33. The highest BCUT2D eigenvalue weighted by Gasteiger charge is 2.03. The van der Waals surface area contributed by atoms with Gasteiger partial charge in [-0.05, 0) is 39.2 Å². The molecule has 1 heterocycles. The Morgan fingerprint density at radius 3 is 2.64 bits per heavy atom. The second-order valence-corrected chi connectivity index (χ2v) is 5.62. The predicted octanol–water partition coefficient (Wildman–Crippen LogP) is 3.08. The third kappa shape index (κ3) is 5.60. The van der Waals surface area contributed by atoms with E-state index in [2.05, 4.69) is 6.58 Å². The first-order valence-electron chi connectivity index (χ1n) is 7.60. The molecule has 1 aromatic rings. The van der Waals surface area contributed by atoms with Crippen LogP contribution in [0.1, 0.15) is 39.5 Å². The van der Waals surface area contributed by atoms with Gasteiger partial charge in [-0.1, -0.05) is 25.2 Å². The summed E-state index contributed by atoms with van der Waals surface area (Å²) in [6, 6.07) is 1.79. The van der Waals surface area contributed by atoms with E-state index in [9.17, 15) is 9.59 Å². The highest BCUT2D eigenvalue weighted by Crippen LogP contribution is 2.03. The number of aryl methyl sites for hydroxylation is 1. The average molecular weight is 324 g/mol. The van der Waals surface area contributed by atoms with Gasteiger partial charge < -0.3 is 9.30 Å². The summed E-state index contributed by atoms with van der Waals surface area (Å²) in [7, 11) is 0. The van der Waals surface area contributed by atoms with Crippen LogP contribution < -0.4 is 5.69 Å². The van der Waals surface area contributed by atoms with Crippen LogP contribution in [-0.2, 0) is 22.6 Å². The van der Waals surface area contributed by atoms with E-state index in [-0.39, 0.29) is 11.7 Å². The standard InChI is InChI=1S/C16H24N2O3S/c1-4-18-14(22)9-11-17(16(18)20)10-7-5-6-8-12-21-15(19)13(2)3/h9,11H,2,4-8,10,12H2,1,3H3. The summed E-state index contributed by atoms with van der Waals surface area (Å²) >= 11 is 5.12. The van der Waals surface area contributed by atoms with E-state index in [0.717, 1.165) is 25.7 Å². The minimum atomic E-state index is -0.334. The maximum absolute atomic E-state index is 12.1. The van der Waals surface area contributed by atoms with E-state index in [1.54, 1.807) is 28.3 Å². The number of ether oxygens (including phenoxy) is 1. The lowest BCUT2D eigenvalue weighted by atomic mass is 10.2. The molecule has 0 amide bonds. The number of unbranched alkanes of at least 4 members (excludes halogenated alkanes) is 3. The van der Waals surface area contributed by atoms with Gasteiger partial charge in [-0.3, -0.25) is 4.57 Å². The average Bonchev–Trinajstić information content (AvgIpc) is 2.48. The fourth-order valence-corrected chi connectivity index (χ4v) is 2.31. The van der Waals surface area contributed by atoms with E-state index in [1.807, 2.05) is 6.92 Å². The highest BCUT2D eigenvalue weighted by atomic mass is 32.1. The van der Waals surface area contributed by atoms with Crippen molar-refractivity contribution in [3.05, 3.63) is 39.5 Å². The largest absolute Gasteiger partial charge is 0.462 e. The molecule has 0 atom stereocenters. The highest BCUT2D eigenvalue weighted by molar-refractivity contribution is 7.71. The Morgan fingerprint density at radius 1 is 1.32 bits per heavy atom. The molecule has 0 aliphatic carbocycles. The van der Waals surface area contributed by atoms with Crippen molar-refractivity contribution in [3.63, 3.8) is 0 Å². The Kier molecular flexibility index (Phi) is 7.80. The summed E-state index contributed by atoms with van der Waals surface area (Å²) in [6.07, 6.45) is 5.44. The second-order valence-electron chi connectivity index (χ2n) is 5.20. The van der Waals surface area contributed by atoms with E-state index in [1.165, 1.54) is 0 Å². The van der Waals surface area contributed by atoms with Crippen LogP contribution in [0.3, 0.4) is 0 Å². The third-order valence-corrected chi connectivity index (χ3v) is 3.69. The zero-order valence-corrected chi connectivity index (χ0v) is 14.2. The van der Waals surface area contributed by atoms with E-state index in [4.69, 9.17) is 17.0 Å². The van der Waals surface area contributed by atoms with Gasteiger partial charge in [-0.25, -0.2) is 9.59 Å². The minimum Gasteiger partial charge on any atom is -0.462 e. The molecule has 0 fully saturated rings. The smallest absolute Gasteiger partial charge is 0.333 e. The molecule has 1 rings (SSSR count). The van der Waals surface area contributed by atoms with Gasteiger partial charge in [-0.15, -0.1) is 0 Å². The van der Waals surface area contributed by atoms with Crippen molar-refractivity contribution in [3.8, 4) is 0 Å². The van der Waals surface area contributed by atoms with Crippen LogP contribution in [0.2, 0.25) is 0 Å². The van der Waals surface area contributed by atoms with Gasteiger partial charge in [0.1, 0.15) is 4.64 Å². The van der Waals surface area contributed by atoms with Crippen LogP contribution in [0, 0.1) is 4.64 Å². The molecule has 122 valence electrons. The van der Waals surface area contributed by atoms with Crippen LogP contribution in [-0.4, -0.2) is 21.7 Å². The Labute approximate surface area is 136 Å². The van der Waals surface area contributed by atoms with Crippen molar-refractivity contribution in [1.29, 1.82) is 0 Å². The Hall–Kier alpha value is -1.69. The minimum absolute atomic E-state index is 0.0506. The molecule has 1 aromatic heterocycles. The monoisotopic (exact) mass is 324 g/mol. The lowest BCUT2D eigenvalue weighted by Gasteiger charge is -2.09. The summed E-state index contributed by atoms with van der Waals surface area (Å²) in [5, 5.41) is 0. The lowest BCUT2D eigenvalue weighted by molar-refractivity contribution is -0.139. The molecule has 0 aliphatic heterocycles. The lowest BCUT2D eigenvalue weighted by Crippen LogP contribution is -2.30. The molecular formula is C16H24N2O3S. The van der Waals surface area contributed by atoms with Gasteiger partial charge in [-0.2, -0.15) is 0 Å². The number of aromatic nitrogens is 2. The maximum Gasteiger partial charge on any atom is 0.333 e. The molecule has 6 heteroatoms. The number of nitrogens with zero attached hydrogens (tertiary/aromatic N) is 2. The second kappa shape index (κ2) is 9.35. The topological polar surface area (TPSA) is 53.2 Å². The Morgan fingerprint density at radius 2 is 2.00 bits per heavy atom. The summed E-state index contributed by atoms with van der Waals surface area (Å²) < 4.78 is 8.88. The van der Waals surface area contributed by atoms with Gasteiger partial charge in [0.15, 0.2) is 0 Å². The zero-order chi connectivity index (χ0) is 16.5. The quantitative estimate of drug-likeness (QED) is 0.303. The molecule has 0 unspecified atom stereocenters. The van der Waals surface area contributed by atoms with Crippen LogP contribution in [0.5, 0.6) is 0 Å². The van der Waals surface area contributed by atoms with E-state index >= 15 is 0 Å². The van der Waals surface area contributed by atoms with Gasteiger partial charge >= 0.3 is 11.7 Å². The summed E-state index contributed by atoms with van der Waals surface area (Å²) in [5.41, 5.74) is 0.374. The molecular weight excluding hydrogens is 300 g/mol. The SMILES string of the molecule is C=C(C)C(=O)OCCCCCCn1ccc(=S)n(CC)c1=O. The molecule has 0 saturated heterocycles. The molecule has 0 aromatic carbocycles. The van der Waals surface area contributed by atoms with Crippen molar-refractivity contribution in [2.45, 2.75) is 52.6 Å². The normalized spacial score (nSPS) is 10.5. The van der Waals surface area contributed by atoms with Crippen LogP contribution in [0.4, 0.5) is 0 Å². The molecule has 0 bridgehead atoms. The van der Waals surface area contributed by atoms with Crippen LogP contribution in [0.25, 0.3) is 0 Å². The molecule has 0 spiro atoms. The first-order chi connectivity index (χ1) is 10.5. The van der Waals surface area contributed by atoms with Crippen molar-refractivity contribution in [2.24, 2.45) is 0 Å². The van der Waals surface area contributed by atoms with Crippen LogP contribution >= 0.6 is 12.2 Å². The van der Waals surface area contributed by atoms with Crippen molar-refractivity contribution in [1.82, 2.24) is 9.13 Å². The summed E-state index contributed by atoms with van der Waals surface area (Å²) in [6.45, 7) is 8.77. The van der Waals surface area contributed by atoms with Gasteiger partial charge in [0.2, 0.25) is 0 Å². The zero-order valence-electron chi connectivity index (χ0n) is 13.3. The number of hydrogen-bond acceptors (Lipinski definition) is 4. The molecule has 22 heavy (non-hydrogen) atoms. The molecule has 0 N–H and O–H groups in total. The number of carbonyl (C=O) groups is 1. The first kappa shape index (κ1) is 18.4. The van der Waals surface area contributed by atoms with E-state index in [0.29, 0.717) is 29.9 Å². The Bertz CT molecular complexity index is 631. The first-order valence-corrected chi connectivity index (χ1v) is 8.01. The molecule has 0 aliphatic rings. The van der Waals surface area contributed by atoms with Crippen molar-refractivity contribution in [2.75, 3.05) is 6.61 Å². The molecule has 0 saturated carbocycles. The number of esters is 1. The van der Waals surface area contributed by atoms with Gasteiger partial charge in [0.05, 0.1) is 6.61 Å². The van der Waals surface area contributed by atoms with Gasteiger partial charge in [0.25, 0.3) is 0 Å². The number of carbonyl (C=O) groups excluding carboxylic acids is 1. The van der Waals surface area contributed by atoms with E-state index < -0.39 is 0 Å². The fraction of sp³-hybridized carbons (Fsp3) is 0.562. The maximum atomic E-state index is 12.1. The summed E-state index contributed by atoms with van der Waals surface area (Å²) in [4.78, 5) is 23.3. The fourth-order valence-electron chi connectivity index (χ4n) is 2.04. The van der Waals surface area contributed by atoms with Gasteiger partial charge in [0, 0.05) is 24.9 Å². The van der Waals surface area contributed by atoms with Crippen molar-refractivity contribution >= 4 is 18.2 Å². The van der Waals surface area contributed by atoms with Crippen molar-refractivity contribution < 1.29 is 9.53 Å². The van der Waals surface area contributed by atoms with Crippen LogP contribution in [0.15, 0.2) is 29.2 Å². The molecule has 0 radical (unpaired) electrons. The predicted molar refractivity (Wildman–Crippen MR) is 89.4 cm³/mol.